The Bertz CT molecular complexity index is 268. The van der Waals surface area contributed by atoms with E-state index in [1.165, 1.54) is 6.34 Å². The van der Waals surface area contributed by atoms with Gasteiger partial charge in [0.25, 0.3) is 5.91 Å². The fraction of sp³-hybridized carbons (Fsp3) is 0.286. The minimum Gasteiger partial charge on any atom is -0.463 e. The van der Waals surface area contributed by atoms with Gasteiger partial charge in [0, 0.05) is 0 Å². The number of nitrogens with one attached hydrogen (secondary N) is 1. The van der Waals surface area contributed by atoms with E-state index in [-0.39, 0.29) is 18.2 Å². The monoisotopic (exact) mass is 168 g/mol. The summed E-state index contributed by atoms with van der Waals surface area (Å²) in [6.45, 7) is 1.97. The first-order chi connectivity index (χ1) is 5.74. The van der Waals surface area contributed by atoms with Crippen LogP contribution in [-0.4, -0.2) is 24.8 Å². The van der Waals surface area contributed by atoms with Gasteiger partial charge in [-0.25, -0.2) is 9.79 Å². The van der Waals surface area contributed by atoms with Gasteiger partial charge in [-0.2, -0.15) is 0 Å². The Balaban J connectivity index is 2.62. The number of ether oxygens (including phenoxy) is 1. The van der Waals surface area contributed by atoms with Crippen molar-refractivity contribution in [3.05, 3.63) is 11.8 Å². The zero-order valence-electron chi connectivity index (χ0n) is 6.53. The van der Waals surface area contributed by atoms with Crippen LogP contribution < -0.4 is 5.32 Å². The third kappa shape index (κ3) is 1.91. The molecule has 0 aromatic carbocycles. The van der Waals surface area contributed by atoms with E-state index < -0.39 is 5.97 Å². The number of carbonyl (C=O) groups excluding carboxylic acids is 2. The summed E-state index contributed by atoms with van der Waals surface area (Å²) in [5, 5.41) is 2.31. The van der Waals surface area contributed by atoms with Crippen molar-refractivity contribution in [2.24, 2.45) is 4.99 Å². The minimum atomic E-state index is -0.554. The molecule has 64 valence electrons. The largest absolute Gasteiger partial charge is 0.463 e. The van der Waals surface area contributed by atoms with Gasteiger partial charge in [0.1, 0.15) is 5.70 Å². The third-order valence-corrected chi connectivity index (χ3v) is 1.17. The van der Waals surface area contributed by atoms with Gasteiger partial charge >= 0.3 is 5.97 Å². The summed E-state index contributed by atoms with van der Waals surface area (Å²) in [5.74, 6) is -0.940. The average Bonchev–Trinajstić information content (AvgIpc) is 2.37. The molecule has 0 bridgehead atoms. The van der Waals surface area contributed by atoms with E-state index in [2.05, 4.69) is 15.0 Å². The van der Waals surface area contributed by atoms with Crippen molar-refractivity contribution in [2.75, 3.05) is 6.61 Å². The molecule has 0 aliphatic carbocycles. The summed E-state index contributed by atoms with van der Waals surface area (Å²) in [6, 6.07) is 0. The fourth-order valence-electron chi connectivity index (χ4n) is 0.691. The molecule has 0 saturated heterocycles. The lowest BCUT2D eigenvalue weighted by Gasteiger charge is -1.94. The van der Waals surface area contributed by atoms with Gasteiger partial charge in [-0.1, -0.05) is 0 Å². The van der Waals surface area contributed by atoms with E-state index in [1.807, 2.05) is 0 Å². The molecular formula is C7H8N2O3. The number of hydrogen-bond acceptors (Lipinski definition) is 4. The van der Waals surface area contributed by atoms with Crippen molar-refractivity contribution in [1.82, 2.24) is 5.32 Å². The highest BCUT2D eigenvalue weighted by Gasteiger charge is 2.13. The van der Waals surface area contributed by atoms with Crippen molar-refractivity contribution in [3.63, 3.8) is 0 Å². The van der Waals surface area contributed by atoms with Gasteiger partial charge in [-0.15, -0.1) is 0 Å². The first-order valence-electron chi connectivity index (χ1n) is 3.46. The molecule has 12 heavy (non-hydrogen) atoms. The van der Waals surface area contributed by atoms with E-state index >= 15 is 0 Å². The lowest BCUT2D eigenvalue weighted by molar-refractivity contribution is -0.137. The number of aliphatic imine (C=N–C) groups is 1. The average molecular weight is 168 g/mol. The van der Waals surface area contributed by atoms with Crippen LogP contribution in [0.3, 0.4) is 0 Å². The molecule has 1 aliphatic rings. The second-order valence-electron chi connectivity index (χ2n) is 2.01. The summed E-state index contributed by atoms with van der Waals surface area (Å²) in [4.78, 5) is 25.2. The first-order valence-corrected chi connectivity index (χ1v) is 3.46. The predicted octanol–water partition coefficient (Wildman–Crippen LogP) is -0.409. The Hall–Kier alpha value is -1.65. The van der Waals surface area contributed by atoms with Gasteiger partial charge in [0.15, 0.2) is 0 Å². The molecule has 0 fully saturated rings. The highest BCUT2D eigenvalue weighted by Crippen LogP contribution is 2.00. The van der Waals surface area contributed by atoms with Crippen molar-refractivity contribution in [2.45, 2.75) is 6.92 Å². The zero-order chi connectivity index (χ0) is 8.97. The van der Waals surface area contributed by atoms with E-state index in [0.29, 0.717) is 0 Å². The number of rotatable bonds is 2. The quantitative estimate of drug-likeness (QED) is 0.450. The van der Waals surface area contributed by atoms with Crippen LogP contribution in [0.4, 0.5) is 0 Å². The number of nitrogens with zero attached hydrogens (tertiary/aromatic N) is 1. The topological polar surface area (TPSA) is 67.8 Å². The maximum absolute atomic E-state index is 10.8. The molecule has 0 saturated carbocycles. The van der Waals surface area contributed by atoms with Crippen molar-refractivity contribution in [1.29, 1.82) is 0 Å². The highest BCUT2D eigenvalue weighted by atomic mass is 16.5. The molecule has 0 spiro atoms. The van der Waals surface area contributed by atoms with Gasteiger partial charge in [0.05, 0.1) is 19.0 Å². The maximum Gasteiger partial charge on any atom is 0.333 e. The molecule has 1 rings (SSSR count). The fourth-order valence-corrected chi connectivity index (χ4v) is 0.691. The summed E-state index contributed by atoms with van der Waals surface area (Å²) in [7, 11) is 0. The van der Waals surface area contributed by atoms with E-state index in [4.69, 9.17) is 0 Å². The smallest absolute Gasteiger partial charge is 0.333 e. The molecule has 0 atom stereocenters. The van der Waals surface area contributed by atoms with E-state index in [9.17, 15) is 9.59 Å². The molecule has 1 heterocycles. The van der Waals surface area contributed by atoms with Crippen LogP contribution in [0.15, 0.2) is 16.8 Å². The Kier molecular flexibility index (Phi) is 2.57. The van der Waals surface area contributed by atoms with Crippen LogP contribution in [-0.2, 0) is 14.3 Å². The second kappa shape index (κ2) is 3.66. The summed E-state index contributed by atoms with van der Waals surface area (Å²) < 4.78 is 4.58. The number of carbonyl (C=O) groups is 2. The molecule has 1 N–H and O–H groups in total. The Labute approximate surface area is 69.1 Å². The van der Waals surface area contributed by atoms with Crippen LogP contribution in [0.2, 0.25) is 0 Å². The minimum absolute atomic E-state index is 0.0773. The molecule has 0 radical (unpaired) electrons. The third-order valence-electron chi connectivity index (χ3n) is 1.17. The second-order valence-corrected chi connectivity index (χ2v) is 2.01. The van der Waals surface area contributed by atoms with Crippen molar-refractivity contribution < 1.29 is 14.3 Å². The van der Waals surface area contributed by atoms with Crippen molar-refractivity contribution in [3.8, 4) is 0 Å². The molecule has 1 amide bonds. The van der Waals surface area contributed by atoms with E-state index in [1.54, 1.807) is 6.92 Å². The zero-order valence-corrected chi connectivity index (χ0v) is 6.53. The van der Waals surface area contributed by atoms with Gasteiger partial charge in [0.2, 0.25) is 0 Å². The maximum atomic E-state index is 10.8. The molecule has 5 nitrogen and oxygen atoms in total. The summed E-state index contributed by atoms with van der Waals surface area (Å²) in [5.41, 5.74) is 0.0773. The molecular weight excluding hydrogens is 160 g/mol. The predicted molar refractivity (Wildman–Crippen MR) is 41.4 cm³/mol. The van der Waals surface area contributed by atoms with E-state index in [0.717, 1.165) is 6.08 Å². The van der Waals surface area contributed by atoms with Gasteiger partial charge < -0.3 is 10.1 Å². The lowest BCUT2D eigenvalue weighted by atomic mass is 10.4. The molecule has 1 aliphatic heterocycles. The lowest BCUT2D eigenvalue weighted by Crippen LogP contribution is -2.16. The summed E-state index contributed by atoms with van der Waals surface area (Å²) >= 11 is 0. The Morgan fingerprint density at radius 1 is 1.83 bits per heavy atom. The molecule has 0 aromatic heterocycles. The first kappa shape index (κ1) is 8.45. The van der Waals surface area contributed by atoms with Crippen LogP contribution in [0, 0.1) is 0 Å². The van der Waals surface area contributed by atoms with Crippen LogP contribution in [0.25, 0.3) is 0 Å². The van der Waals surface area contributed by atoms with Crippen LogP contribution in [0.5, 0.6) is 0 Å². The SMILES string of the molecule is CCOC(=O)C=C1N=CNC1=O. The van der Waals surface area contributed by atoms with Gasteiger partial charge in [-0.05, 0) is 6.92 Å². The van der Waals surface area contributed by atoms with Gasteiger partial charge in [-0.3, -0.25) is 4.79 Å². The molecule has 5 heteroatoms. The number of hydrogen-bond donors (Lipinski definition) is 1. The molecule has 0 unspecified atom stereocenters. The van der Waals surface area contributed by atoms with Crippen LogP contribution in [0.1, 0.15) is 6.92 Å². The molecule has 0 aromatic rings. The Morgan fingerprint density at radius 3 is 3.08 bits per heavy atom. The normalized spacial score (nSPS) is 18.1. The highest BCUT2D eigenvalue weighted by molar-refractivity contribution is 6.08. The number of amides is 1. The van der Waals surface area contributed by atoms with Crippen molar-refractivity contribution >= 4 is 18.2 Å². The summed E-state index contributed by atoms with van der Waals surface area (Å²) in [6.07, 6.45) is 2.29. The number of esters is 1. The Morgan fingerprint density at radius 2 is 2.58 bits per heavy atom. The standard InChI is InChI=1S/C7H8N2O3/c1-2-12-6(10)3-5-7(11)9-4-8-5/h3-4H,2H2,1H3,(H,8,9,11). The van der Waals surface area contributed by atoms with Crippen LogP contribution >= 0.6 is 0 Å².